The van der Waals surface area contributed by atoms with Gasteiger partial charge in [0.05, 0.1) is 17.4 Å². The summed E-state index contributed by atoms with van der Waals surface area (Å²) in [6.45, 7) is 6.02. The van der Waals surface area contributed by atoms with Gasteiger partial charge in [-0.1, -0.05) is 19.9 Å². The number of pyridine rings is 1. The van der Waals surface area contributed by atoms with E-state index in [0.29, 0.717) is 16.9 Å². The van der Waals surface area contributed by atoms with E-state index in [0.717, 1.165) is 5.56 Å². The number of anilines is 1. The maximum absolute atomic E-state index is 12.7. The summed E-state index contributed by atoms with van der Waals surface area (Å²) < 4.78 is 10.7. The minimum Gasteiger partial charge on any atom is -0.462 e. The molecule has 3 rings (SSSR count). The fourth-order valence-corrected chi connectivity index (χ4v) is 2.54. The molecule has 0 aliphatic heterocycles. The van der Waals surface area contributed by atoms with Crippen molar-refractivity contribution in [3.05, 3.63) is 45.6 Å². The second-order valence-corrected chi connectivity index (χ2v) is 5.84. The normalized spacial score (nSPS) is 11.3. The molecule has 6 heteroatoms. The SMILES string of the molecule is CCOC(=O)c1cc2c(=O)c3ccc(C(C)C)cc3oc2nc1N. The monoisotopic (exact) mass is 326 g/mol. The molecular weight excluding hydrogens is 308 g/mol. The first-order valence-electron chi connectivity index (χ1n) is 7.76. The van der Waals surface area contributed by atoms with Gasteiger partial charge in [0.25, 0.3) is 0 Å². The maximum atomic E-state index is 12.7. The second kappa shape index (κ2) is 5.96. The van der Waals surface area contributed by atoms with Crippen molar-refractivity contribution in [3.63, 3.8) is 0 Å². The van der Waals surface area contributed by atoms with E-state index in [9.17, 15) is 9.59 Å². The van der Waals surface area contributed by atoms with Gasteiger partial charge in [0.1, 0.15) is 17.0 Å². The lowest BCUT2D eigenvalue weighted by Gasteiger charge is -2.08. The Hall–Kier alpha value is -2.89. The predicted molar refractivity (Wildman–Crippen MR) is 92.2 cm³/mol. The third-order valence-corrected chi connectivity index (χ3v) is 3.88. The number of nitrogens with two attached hydrogens (primary N) is 1. The number of carbonyl (C=O) groups is 1. The summed E-state index contributed by atoms with van der Waals surface area (Å²) in [6, 6.07) is 6.85. The number of fused-ring (bicyclic) bond motifs is 2. The molecule has 0 bridgehead atoms. The first kappa shape index (κ1) is 16.0. The van der Waals surface area contributed by atoms with Crippen LogP contribution in [0.15, 0.2) is 33.5 Å². The molecule has 2 heterocycles. The average Bonchev–Trinajstić information content (AvgIpc) is 2.54. The Morgan fingerprint density at radius 3 is 2.71 bits per heavy atom. The van der Waals surface area contributed by atoms with E-state index in [2.05, 4.69) is 18.8 Å². The first-order chi connectivity index (χ1) is 11.4. The molecule has 24 heavy (non-hydrogen) atoms. The number of carbonyl (C=O) groups excluding carboxylic acids is 1. The van der Waals surface area contributed by atoms with Gasteiger partial charge in [0.2, 0.25) is 11.1 Å². The second-order valence-electron chi connectivity index (χ2n) is 5.84. The fraction of sp³-hybridized carbons (Fsp3) is 0.278. The third kappa shape index (κ3) is 2.60. The van der Waals surface area contributed by atoms with Crippen LogP contribution in [0.2, 0.25) is 0 Å². The van der Waals surface area contributed by atoms with Crippen molar-refractivity contribution >= 4 is 33.9 Å². The highest BCUT2D eigenvalue weighted by Gasteiger charge is 2.17. The van der Waals surface area contributed by atoms with E-state index >= 15 is 0 Å². The van der Waals surface area contributed by atoms with Crippen LogP contribution in [-0.4, -0.2) is 17.6 Å². The molecule has 0 amide bonds. The lowest BCUT2D eigenvalue weighted by atomic mass is 10.0. The molecule has 2 aromatic heterocycles. The van der Waals surface area contributed by atoms with Gasteiger partial charge in [-0.25, -0.2) is 4.79 Å². The molecule has 2 N–H and O–H groups in total. The first-order valence-corrected chi connectivity index (χ1v) is 7.76. The van der Waals surface area contributed by atoms with Gasteiger partial charge in [-0.3, -0.25) is 4.79 Å². The number of aromatic nitrogens is 1. The highest BCUT2D eigenvalue weighted by atomic mass is 16.5. The molecule has 124 valence electrons. The summed E-state index contributed by atoms with van der Waals surface area (Å²) in [5.41, 5.74) is 7.25. The van der Waals surface area contributed by atoms with Gasteiger partial charge in [-0.2, -0.15) is 4.98 Å². The van der Waals surface area contributed by atoms with Crippen molar-refractivity contribution in [2.45, 2.75) is 26.7 Å². The lowest BCUT2D eigenvalue weighted by molar-refractivity contribution is 0.0527. The largest absolute Gasteiger partial charge is 0.462 e. The number of ether oxygens (including phenoxy) is 1. The number of rotatable bonds is 3. The molecule has 3 aromatic rings. The number of hydrogen-bond acceptors (Lipinski definition) is 6. The summed E-state index contributed by atoms with van der Waals surface area (Å²) >= 11 is 0. The van der Waals surface area contributed by atoms with Crippen LogP contribution < -0.4 is 11.2 Å². The molecule has 0 atom stereocenters. The zero-order valence-electron chi connectivity index (χ0n) is 13.8. The van der Waals surface area contributed by atoms with Crippen molar-refractivity contribution < 1.29 is 13.9 Å². The van der Waals surface area contributed by atoms with Crippen LogP contribution in [0.1, 0.15) is 42.6 Å². The minimum atomic E-state index is -0.612. The quantitative estimate of drug-likeness (QED) is 0.586. The Kier molecular flexibility index (Phi) is 3.97. The highest BCUT2D eigenvalue weighted by Crippen LogP contribution is 2.24. The van der Waals surface area contributed by atoms with Crippen LogP contribution in [-0.2, 0) is 4.74 Å². The molecule has 0 aliphatic rings. The van der Waals surface area contributed by atoms with E-state index in [1.165, 1.54) is 6.07 Å². The zero-order chi connectivity index (χ0) is 17.4. The third-order valence-electron chi connectivity index (χ3n) is 3.88. The number of benzene rings is 1. The molecule has 0 saturated carbocycles. The molecule has 0 spiro atoms. The maximum Gasteiger partial charge on any atom is 0.341 e. The van der Waals surface area contributed by atoms with Crippen molar-refractivity contribution in [1.29, 1.82) is 0 Å². The van der Waals surface area contributed by atoms with Crippen LogP contribution in [0.25, 0.3) is 22.1 Å². The Bertz CT molecular complexity index is 1010. The standard InChI is InChI=1S/C18H18N2O4/c1-4-23-18(22)13-8-12-15(21)11-6-5-10(9(2)3)7-14(11)24-17(12)20-16(13)19/h5-9H,4H2,1-3H3,(H2,19,20). The van der Waals surface area contributed by atoms with E-state index < -0.39 is 5.97 Å². The Morgan fingerprint density at radius 1 is 1.29 bits per heavy atom. The average molecular weight is 326 g/mol. The van der Waals surface area contributed by atoms with Gasteiger partial charge < -0.3 is 14.9 Å². The molecule has 0 aliphatic carbocycles. The summed E-state index contributed by atoms with van der Waals surface area (Å²) in [5, 5.41) is 0.644. The van der Waals surface area contributed by atoms with Gasteiger partial charge in [-0.05, 0) is 36.6 Å². The zero-order valence-corrected chi connectivity index (χ0v) is 13.8. The Balaban J connectivity index is 2.29. The molecular formula is C18H18N2O4. The Labute approximate surface area is 138 Å². The number of hydrogen-bond donors (Lipinski definition) is 1. The van der Waals surface area contributed by atoms with Crippen LogP contribution in [0.4, 0.5) is 5.82 Å². The smallest absolute Gasteiger partial charge is 0.341 e. The van der Waals surface area contributed by atoms with Crippen molar-refractivity contribution in [3.8, 4) is 0 Å². The van der Waals surface area contributed by atoms with Crippen molar-refractivity contribution in [2.75, 3.05) is 12.3 Å². The molecule has 0 unspecified atom stereocenters. The summed E-state index contributed by atoms with van der Waals surface area (Å²) in [4.78, 5) is 28.7. The lowest BCUT2D eigenvalue weighted by Crippen LogP contribution is -2.12. The summed E-state index contributed by atoms with van der Waals surface area (Å²) in [7, 11) is 0. The summed E-state index contributed by atoms with van der Waals surface area (Å²) in [5.74, 6) is -0.331. The van der Waals surface area contributed by atoms with E-state index in [-0.39, 0.29) is 34.5 Å². The van der Waals surface area contributed by atoms with Crippen LogP contribution in [0.5, 0.6) is 0 Å². The van der Waals surface area contributed by atoms with Crippen LogP contribution in [0.3, 0.4) is 0 Å². The minimum absolute atomic E-state index is 0.0246. The van der Waals surface area contributed by atoms with Crippen LogP contribution in [0, 0.1) is 0 Å². The fourth-order valence-electron chi connectivity index (χ4n) is 2.54. The summed E-state index contributed by atoms with van der Waals surface area (Å²) in [6.07, 6.45) is 0. The van der Waals surface area contributed by atoms with E-state index in [1.54, 1.807) is 13.0 Å². The number of esters is 1. The van der Waals surface area contributed by atoms with Gasteiger partial charge in [-0.15, -0.1) is 0 Å². The van der Waals surface area contributed by atoms with Gasteiger partial charge >= 0.3 is 5.97 Å². The molecule has 6 nitrogen and oxygen atoms in total. The van der Waals surface area contributed by atoms with Gasteiger partial charge in [0, 0.05) is 0 Å². The topological polar surface area (TPSA) is 95.4 Å². The van der Waals surface area contributed by atoms with Crippen molar-refractivity contribution in [1.82, 2.24) is 4.98 Å². The number of nitrogens with zero attached hydrogens (tertiary/aromatic N) is 1. The predicted octanol–water partition coefficient (Wildman–Crippen LogP) is 3.22. The van der Waals surface area contributed by atoms with E-state index in [4.69, 9.17) is 14.9 Å². The molecule has 1 aromatic carbocycles. The van der Waals surface area contributed by atoms with Gasteiger partial charge in [0.15, 0.2) is 0 Å². The molecule has 0 saturated heterocycles. The molecule has 0 fully saturated rings. The molecule has 0 radical (unpaired) electrons. The van der Waals surface area contributed by atoms with Crippen LogP contribution >= 0.6 is 0 Å². The Morgan fingerprint density at radius 2 is 2.04 bits per heavy atom. The van der Waals surface area contributed by atoms with E-state index in [1.807, 2.05) is 12.1 Å². The number of nitrogen functional groups attached to an aromatic ring is 1. The highest BCUT2D eigenvalue weighted by molar-refractivity contribution is 5.99. The van der Waals surface area contributed by atoms with Crippen molar-refractivity contribution in [2.24, 2.45) is 0 Å².